The molecular weight excluding hydrogens is 258 g/mol. The minimum atomic E-state index is -2.34. The molecule has 0 fully saturated rings. The molecule has 7 heteroatoms. The summed E-state index contributed by atoms with van der Waals surface area (Å²) in [4.78, 5) is 11.4. The summed E-state index contributed by atoms with van der Waals surface area (Å²) in [5, 5.41) is 0. The van der Waals surface area contributed by atoms with E-state index in [1.54, 1.807) is 31.4 Å². The monoisotopic (exact) mass is 271 g/mol. The summed E-state index contributed by atoms with van der Waals surface area (Å²) in [6, 6.07) is 6.81. The van der Waals surface area contributed by atoms with Gasteiger partial charge in [-0.3, -0.25) is 9.27 Å². The number of nitrogens with one attached hydrogen (secondary N) is 1. The van der Waals surface area contributed by atoms with Crippen LogP contribution in [-0.4, -0.2) is 29.0 Å². The number of carbonyl (C=O) groups excluding carboxylic acids is 1. The number of benzene rings is 1. The second kappa shape index (κ2) is 6.77. The van der Waals surface area contributed by atoms with E-state index in [1.165, 1.54) is 13.2 Å². The number of methoxy groups -OCH3 is 2. The van der Waals surface area contributed by atoms with Gasteiger partial charge in [0.25, 0.3) is 11.3 Å². The van der Waals surface area contributed by atoms with Gasteiger partial charge in [0.1, 0.15) is 11.4 Å². The van der Waals surface area contributed by atoms with Crippen molar-refractivity contribution in [2.45, 2.75) is 0 Å². The van der Waals surface area contributed by atoms with Crippen molar-refractivity contribution in [3.63, 3.8) is 0 Å². The van der Waals surface area contributed by atoms with E-state index in [2.05, 4.69) is 9.46 Å². The van der Waals surface area contributed by atoms with Crippen LogP contribution in [-0.2, 0) is 20.8 Å². The number of carbonyl (C=O) groups is 1. The fourth-order valence-electron chi connectivity index (χ4n) is 1.20. The van der Waals surface area contributed by atoms with Gasteiger partial charge in [-0.25, -0.2) is 9.00 Å². The Morgan fingerprint density at radius 2 is 1.94 bits per heavy atom. The molecule has 1 atom stereocenters. The molecule has 0 saturated heterocycles. The van der Waals surface area contributed by atoms with Crippen LogP contribution in [0.4, 0.5) is 0 Å². The van der Waals surface area contributed by atoms with Gasteiger partial charge < -0.3 is 9.47 Å². The molecular formula is C11H13NO5S. The Bertz CT molecular complexity index is 469. The summed E-state index contributed by atoms with van der Waals surface area (Å²) in [6.07, 6.45) is 1.40. The van der Waals surface area contributed by atoms with Crippen molar-refractivity contribution in [1.29, 1.82) is 0 Å². The molecule has 0 heterocycles. The zero-order valence-electron chi connectivity index (χ0n) is 9.88. The fourth-order valence-corrected chi connectivity index (χ4v) is 1.53. The Morgan fingerprint density at radius 3 is 2.39 bits per heavy atom. The molecule has 1 unspecified atom stereocenters. The Labute approximate surface area is 107 Å². The van der Waals surface area contributed by atoms with E-state index < -0.39 is 17.2 Å². The van der Waals surface area contributed by atoms with Crippen molar-refractivity contribution < 1.29 is 23.0 Å². The summed E-state index contributed by atoms with van der Waals surface area (Å²) < 4.78 is 30.9. The fraction of sp³-hybridized carbons (Fsp3) is 0.182. The van der Waals surface area contributed by atoms with Crippen LogP contribution in [0.15, 0.2) is 30.0 Å². The van der Waals surface area contributed by atoms with Crippen LogP contribution in [0.25, 0.3) is 6.08 Å². The number of esters is 1. The van der Waals surface area contributed by atoms with Crippen LogP contribution in [0.2, 0.25) is 0 Å². The average molecular weight is 271 g/mol. The SMILES string of the molecule is COC(=O)C(=Cc1ccc(OC)cc1)NS(=O)O. The molecule has 18 heavy (non-hydrogen) atoms. The molecule has 1 rings (SSSR count). The third-order valence-corrected chi connectivity index (χ3v) is 2.42. The summed E-state index contributed by atoms with van der Waals surface area (Å²) in [6.45, 7) is 0. The third kappa shape index (κ3) is 4.19. The van der Waals surface area contributed by atoms with Crippen molar-refractivity contribution in [2.24, 2.45) is 0 Å². The lowest BCUT2D eigenvalue weighted by Gasteiger charge is -2.05. The molecule has 0 radical (unpaired) electrons. The molecule has 0 spiro atoms. The summed E-state index contributed by atoms with van der Waals surface area (Å²) in [7, 11) is 2.73. The van der Waals surface area contributed by atoms with Gasteiger partial charge in [0, 0.05) is 0 Å². The van der Waals surface area contributed by atoms with Gasteiger partial charge in [-0.1, -0.05) is 12.1 Å². The average Bonchev–Trinajstić information content (AvgIpc) is 2.37. The highest BCUT2D eigenvalue weighted by molar-refractivity contribution is 7.77. The molecule has 98 valence electrons. The molecule has 6 nitrogen and oxygen atoms in total. The molecule has 2 N–H and O–H groups in total. The zero-order chi connectivity index (χ0) is 13.5. The van der Waals surface area contributed by atoms with Gasteiger partial charge in [-0.2, -0.15) is 0 Å². The van der Waals surface area contributed by atoms with Gasteiger partial charge in [0.2, 0.25) is 0 Å². The van der Waals surface area contributed by atoms with Crippen LogP contribution in [0.5, 0.6) is 5.75 Å². The van der Waals surface area contributed by atoms with Crippen LogP contribution in [0.1, 0.15) is 5.56 Å². The van der Waals surface area contributed by atoms with Gasteiger partial charge in [-0.05, 0) is 23.8 Å². The molecule has 0 aromatic heterocycles. The number of ether oxygens (including phenoxy) is 2. The molecule has 0 aliphatic rings. The minimum Gasteiger partial charge on any atom is -0.497 e. The van der Waals surface area contributed by atoms with Crippen molar-refractivity contribution in [2.75, 3.05) is 14.2 Å². The first-order valence-electron chi connectivity index (χ1n) is 4.88. The predicted octanol–water partition coefficient (Wildman–Crippen LogP) is 0.935. The second-order valence-electron chi connectivity index (χ2n) is 3.17. The molecule has 1 aromatic rings. The van der Waals surface area contributed by atoms with E-state index in [0.717, 1.165) is 0 Å². The highest BCUT2D eigenvalue weighted by atomic mass is 32.2. The number of rotatable bonds is 5. The summed E-state index contributed by atoms with van der Waals surface area (Å²) in [5.74, 6) is -0.0568. The standard InChI is InChI=1S/C11H13NO5S/c1-16-9-5-3-8(4-6-9)7-10(11(13)17-2)12-18(14)15/h3-7,12H,1-2H3,(H,14,15). The topological polar surface area (TPSA) is 84.9 Å². The molecule has 1 aromatic carbocycles. The number of hydrogen-bond acceptors (Lipinski definition) is 4. The lowest BCUT2D eigenvalue weighted by atomic mass is 10.2. The highest BCUT2D eigenvalue weighted by Crippen LogP contribution is 2.13. The molecule has 0 bridgehead atoms. The van der Waals surface area contributed by atoms with Crippen molar-refractivity contribution >= 4 is 23.3 Å². The van der Waals surface area contributed by atoms with E-state index in [1.807, 2.05) is 0 Å². The van der Waals surface area contributed by atoms with Gasteiger partial charge in [0.15, 0.2) is 0 Å². The van der Waals surface area contributed by atoms with E-state index in [4.69, 9.17) is 9.29 Å². The van der Waals surface area contributed by atoms with Crippen molar-refractivity contribution in [3.8, 4) is 5.75 Å². The third-order valence-electron chi connectivity index (χ3n) is 2.03. The van der Waals surface area contributed by atoms with Crippen molar-refractivity contribution in [1.82, 2.24) is 4.72 Å². The lowest BCUT2D eigenvalue weighted by Crippen LogP contribution is -2.23. The molecule has 0 aliphatic heterocycles. The quantitative estimate of drug-likeness (QED) is 0.473. The lowest BCUT2D eigenvalue weighted by molar-refractivity contribution is -0.136. The van der Waals surface area contributed by atoms with Gasteiger partial charge in [0.05, 0.1) is 14.2 Å². The Morgan fingerprint density at radius 1 is 1.33 bits per heavy atom. The van der Waals surface area contributed by atoms with E-state index in [0.29, 0.717) is 11.3 Å². The zero-order valence-corrected chi connectivity index (χ0v) is 10.7. The first-order valence-corrected chi connectivity index (χ1v) is 5.99. The highest BCUT2D eigenvalue weighted by Gasteiger charge is 2.11. The number of hydrogen-bond donors (Lipinski definition) is 2. The first kappa shape index (κ1) is 14.2. The Kier molecular flexibility index (Phi) is 5.34. The predicted molar refractivity (Wildman–Crippen MR) is 66.9 cm³/mol. The van der Waals surface area contributed by atoms with Crippen LogP contribution in [0.3, 0.4) is 0 Å². The van der Waals surface area contributed by atoms with Gasteiger partial charge in [-0.15, -0.1) is 0 Å². The van der Waals surface area contributed by atoms with Crippen LogP contribution < -0.4 is 9.46 Å². The van der Waals surface area contributed by atoms with Crippen LogP contribution in [0, 0.1) is 0 Å². The van der Waals surface area contributed by atoms with E-state index >= 15 is 0 Å². The van der Waals surface area contributed by atoms with E-state index in [9.17, 15) is 9.00 Å². The smallest absolute Gasteiger partial charge is 0.355 e. The molecule has 0 aliphatic carbocycles. The normalized spacial score (nSPS) is 12.7. The maximum absolute atomic E-state index is 11.4. The Balaban J connectivity index is 2.98. The van der Waals surface area contributed by atoms with Crippen molar-refractivity contribution in [3.05, 3.63) is 35.5 Å². The summed E-state index contributed by atoms with van der Waals surface area (Å²) >= 11 is -2.34. The summed E-state index contributed by atoms with van der Waals surface area (Å²) in [5.41, 5.74) is 0.553. The Hall–Kier alpha value is -1.86. The largest absolute Gasteiger partial charge is 0.497 e. The minimum absolute atomic E-state index is 0.108. The van der Waals surface area contributed by atoms with E-state index in [-0.39, 0.29) is 5.70 Å². The molecule has 0 saturated carbocycles. The second-order valence-corrected chi connectivity index (χ2v) is 3.88. The molecule has 0 amide bonds. The maximum atomic E-state index is 11.4. The maximum Gasteiger partial charge on any atom is 0.355 e. The first-order chi connectivity index (χ1) is 8.56. The van der Waals surface area contributed by atoms with Crippen LogP contribution >= 0.6 is 0 Å². The van der Waals surface area contributed by atoms with Gasteiger partial charge >= 0.3 is 5.97 Å².